The number of primary amides is 1. The molecule has 510 valence electrons. The molecular formula is C67H59F4N13O13SSe. The van der Waals surface area contributed by atoms with Crippen LogP contribution >= 0.6 is 12.2 Å². The van der Waals surface area contributed by atoms with Crippen molar-refractivity contribution in [1.29, 1.82) is 0 Å². The number of nitrogens with two attached hydrogens (primary N) is 6. The van der Waals surface area contributed by atoms with Gasteiger partial charge in [0.1, 0.15) is 74.3 Å². The van der Waals surface area contributed by atoms with Gasteiger partial charge >= 0.3 is 22.5 Å². The van der Waals surface area contributed by atoms with Gasteiger partial charge in [0.25, 0.3) is 5.91 Å². The molecule has 0 fully saturated rings. The fraction of sp³-hybridized carbons (Fsp3) is 0.0597. The molecule has 2 heterocycles. The van der Waals surface area contributed by atoms with Crippen molar-refractivity contribution in [2.24, 2.45) is 39.8 Å². The summed E-state index contributed by atoms with van der Waals surface area (Å²) in [6.45, 7) is 5.53. The van der Waals surface area contributed by atoms with E-state index in [9.17, 15) is 51.1 Å². The Labute approximate surface area is 572 Å². The Morgan fingerprint density at radius 1 is 0.434 bits per heavy atom. The quantitative estimate of drug-likeness (QED) is 0.00471. The van der Waals surface area contributed by atoms with Crippen LogP contribution in [-0.2, 0) is 22.1 Å². The maximum absolute atomic E-state index is 12.9. The number of hydrazine groups is 1. The molecule has 32 heteroatoms. The molecular weight excluding hydrogens is 1380 g/mol. The average molecular weight is 1440 g/mol. The van der Waals surface area contributed by atoms with Crippen LogP contribution in [0.4, 0.5) is 17.6 Å². The number of Topliss-reactive ketones (excluding diaryl/α,β-unsaturated/α-hetero) is 5. The van der Waals surface area contributed by atoms with E-state index in [0.29, 0.717) is 68.5 Å². The maximum atomic E-state index is 12.9. The van der Waals surface area contributed by atoms with Crippen LogP contribution in [0.1, 0.15) is 69.6 Å². The molecule has 0 bridgehead atoms. The summed E-state index contributed by atoms with van der Waals surface area (Å²) in [5.41, 5.74) is 18.3. The van der Waals surface area contributed by atoms with Gasteiger partial charge in [-0.25, -0.2) is 27.5 Å². The molecule has 0 saturated heterocycles. The number of amides is 1. The molecule has 0 aliphatic carbocycles. The number of halogens is 4. The summed E-state index contributed by atoms with van der Waals surface area (Å²) in [6.07, 6.45) is 3.18. The van der Waals surface area contributed by atoms with Gasteiger partial charge < -0.3 is 42.0 Å². The van der Waals surface area contributed by atoms with Crippen LogP contribution in [0.3, 0.4) is 0 Å². The molecule has 8 aromatic carbocycles. The molecule has 0 atom stereocenters. The van der Waals surface area contributed by atoms with E-state index >= 15 is 0 Å². The number of aromatic nitrogens is 6. The molecule has 0 unspecified atom stereocenters. The summed E-state index contributed by atoms with van der Waals surface area (Å²) >= 11 is 2.62. The molecule has 26 nitrogen and oxygen atoms in total. The Hall–Kier alpha value is -12.6. The van der Waals surface area contributed by atoms with Crippen molar-refractivity contribution >= 4 is 79.0 Å². The third kappa shape index (κ3) is 30.6. The van der Waals surface area contributed by atoms with E-state index in [1.807, 2.05) is 0 Å². The van der Waals surface area contributed by atoms with E-state index in [1.54, 1.807) is 109 Å². The first kappa shape index (κ1) is 80.6. The minimum absolute atomic E-state index is 0.0123. The van der Waals surface area contributed by atoms with E-state index in [4.69, 9.17) is 43.8 Å². The summed E-state index contributed by atoms with van der Waals surface area (Å²) in [5, 5.41) is 17.6. The van der Waals surface area contributed by atoms with E-state index in [-0.39, 0.29) is 75.2 Å². The second-order valence-corrected chi connectivity index (χ2v) is 19.4. The Bertz CT molecular complexity index is 4210. The monoisotopic (exact) mass is 1440 g/mol. The number of hydrogen-bond acceptors (Lipinski definition) is 24. The third-order valence-electron chi connectivity index (χ3n) is 11.5. The number of ketones is 5. The summed E-state index contributed by atoms with van der Waals surface area (Å²) in [6, 6.07) is 49.9. The molecule has 10 rings (SSSR count). The number of carbonyl (C=O) groups is 7. The van der Waals surface area contributed by atoms with Crippen molar-refractivity contribution in [3.63, 3.8) is 0 Å². The van der Waals surface area contributed by atoms with Gasteiger partial charge in [0.05, 0.1) is 23.8 Å². The zero-order valence-corrected chi connectivity index (χ0v) is 55.0. The van der Waals surface area contributed by atoms with Crippen LogP contribution in [0.15, 0.2) is 212 Å². The van der Waals surface area contributed by atoms with Gasteiger partial charge in [-0.15, -0.1) is 10.2 Å². The summed E-state index contributed by atoms with van der Waals surface area (Å²) in [5.74, 6) is 13.5. The number of benzene rings is 8. The van der Waals surface area contributed by atoms with Gasteiger partial charge in [-0.2, -0.15) is 15.3 Å². The molecule has 0 radical (unpaired) electrons. The van der Waals surface area contributed by atoms with Gasteiger partial charge in [-0.05, 0) is 201 Å². The molecule has 0 saturated carbocycles. The summed E-state index contributed by atoms with van der Waals surface area (Å²) < 4.78 is 90.1. The second kappa shape index (κ2) is 43.4. The SMILES string of the molecule is CC(=O)/C(N)=N/N.CC(=O)C(N)=S.CC(=O)c1ccc(Oc2ccc(F)cc2)cc1.CC(=O)c1nncc(-c2ccc(Oc3ccc(F)cc3)cc2)n1.NC(=O)c1nncc(-c2ccc(Oc3ccc(F)cc3)cc2)n1.NN.O=CC(=O)c1ccc(Oc2ccc(F)cc2)cc1.O=[Se]=O. The first-order valence-electron chi connectivity index (χ1n) is 27.8. The van der Waals surface area contributed by atoms with Crippen molar-refractivity contribution in [3.8, 4) is 68.5 Å². The third-order valence-corrected chi connectivity index (χ3v) is 11.8. The Morgan fingerprint density at radius 2 is 0.697 bits per heavy atom. The molecule has 99 heavy (non-hydrogen) atoms. The van der Waals surface area contributed by atoms with Crippen molar-refractivity contribution in [2.45, 2.75) is 27.7 Å². The zero-order valence-electron chi connectivity index (χ0n) is 52.4. The summed E-state index contributed by atoms with van der Waals surface area (Å²) in [7, 11) is 0. The second-order valence-electron chi connectivity index (χ2n) is 18.7. The minimum atomic E-state index is -1.62. The zero-order chi connectivity index (χ0) is 73.4. The van der Waals surface area contributed by atoms with Gasteiger partial charge in [0.15, 0.2) is 35.3 Å². The number of amidine groups is 1. The van der Waals surface area contributed by atoms with Crippen LogP contribution < -0.4 is 53.7 Å². The number of hydrogen-bond donors (Lipinski definition) is 6. The van der Waals surface area contributed by atoms with Crippen LogP contribution in [-0.4, -0.2) is 97.1 Å². The number of rotatable bonds is 17. The standard InChI is InChI=1S/C17H12FN3O2.C16H11FN4O2.C14H9FO3.C14H11FO2.C3H7N3O.C3H5NOS.H4N2.O2Se/c1-11(22)17-20-16(10-19-21-17)12-2-6-14(7-3-12)23-15-8-4-13(18)5-9-15;17-11-3-7-13(8-4-11)23-12-5-1-10(2-6-12)14-9-19-21-16(20-14)15(18)22;15-11-3-7-13(8-4-11)18-12-5-1-10(2-6-12)14(17)9-16;1-10(16)11-2-6-13(7-3-11)17-14-8-4-12(15)5-9-14;1-2(7)3(4)6-5;1-2(5)3(4)6;1-2;1-3-2/h2-10H,1H3;1-9H,(H2,18,22);1-9H;2-9H,1H3;5H2,1H3,(H2,4,6);1H3,(H2,4,6);1-2H2;. The molecule has 2 aromatic heterocycles. The number of nitrogens with zero attached hydrogens (tertiary/aromatic N) is 7. The number of thiocarbonyl (C=S) groups is 1. The van der Waals surface area contributed by atoms with Crippen molar-refractivity contribution in [1.82, 2.24) is 30.4 Å². The molecule has 0 spiro atoms. The molecule has 12 N–H and O–H groups in total. The molecule has 10 aromatic rings. The van der Waals surface area contributed by atoms with Gasteiger partial charge in [-0.3, -0.25) is 45.2 Å². The van der Waals surface area contributed by atoms with Gasteiger partial charge in [0, 0.05) is 43.0 Å². The Morgan fingerprint density at radius 3 is 0.929 bits per heavy atom. The van der Waals surface area contributed by atoms with E-state index in [0.717, 1.165) is 11.1 Å². The van der Waals surface area contributed by atoms with Crippen LogP contribution in [0.2, 0.25) is 0 Å². The van der Waals surface area contributed by atoms with Crippen molar-refractivity contribution in [2.75, 3.05) is 0 Å². The Balaban J connectivity index is 0.000000319. The van der Waals surface area contributed by atoms with E-state index in [1.165, 1.54) is 125 Å². The van der Waals surface area contributed by atoms with Crippen LogP contribution in [0, 0.1) is 23.3 Å². The molecule has 0 aliphatic rings. The fourth-order valence-corrected chi connectivity index (χ4v) is 6.69. The van der Waals surface area contributed by atoms with Gasteiger partial charge in [0.2, 0.25) is 17.4 Å². The van der Waals surface area contributed by atoms with E-state index < -0.39 is 26.5 Å². The first-order chi connectivity index (χ1) is 47.3. The first-order valence-corrected chi connectivity index (χ1v) is 29.6. The number of hydrazone groups is 1. The van der Waals surface area contributed by atoms with Crippen LogP contribution in [0.25, 0.3) is 22.5 Å². The topological polar surface area (TPSA) is 436 Å². The van der Waals surface area contributed by atoms with Crippen LogP contribution in [0.5, 0.6) is 46.0 Å². The number of carbonyl (C=O) groups excluding carboxylic acids is 7. The fourth-order valence-electron chi connectivity index (χ4n) is 6.69. The Kier molecular flexibility index (Phi) is 35.3. The average Bonchev–Trinajstić information content (AvgIpc) is 0.861. The predicted molar refractivity (Wildman–Crippen MR) is 358 cm³/mol. The van der Waals surface area contributed by atoms with Crippen molar-refractivity contribution in [3.05, 3.63) is 253 Å². The number of aldehydes is 1. The molecule has 0 aliphatic heterocycles. The van der Waals surface area contributed by atoms with E-state index in [2.05, 4.69) is 65.2 Å². The predicted octanol–water partition coefficient (Wildman–Crippen LogP) is 9.93. The molecule has 1 amide bonds. The van der Waals surface area contributed by atoms with Crippen molar-refractivity contribution < 1.29 is 77.7 Å². The number of ether oxygens (including phenoxy) is 4. The normalized spacial score (nSPS) is 9.74. The van der Waals surface area contributed by atoms with Gasteiger partial charge in [-0.1, -0.05) is 12.2 Å². The summed E-state index contributed by atoms with van der Waals surface area (Å²) in [4.78, 5) is 82.9.